The maximum Gasteiger partial charge on any atom is 0.266 e. The Kier molecular flexibility index (Phi) is 5.95. The van der Waals surface area contributed by atoms with E-state index in [-0.39, 0.29) is 23.9 Å². The Bertz CT molecular complexity index is 748. The normalized spacial score (nSPS) is 11.2. The average Bonchev–Trinajstić information content (AvgIpc) is 2.93. The Morgan fingerprint density at radius 1 is 1.20 bits per heavy atom. The van der Waals surface area contributed by atoms with E-state index in [1.807, 2.05) is 65.0 Å². The smallest absolute Gasteiger partial charge is 0.266 e. The number of aryl methyl sites for hydroxylation is 1. The van der Waals surface area contributed by atoms with Crippen molar-refractivity contribution in [2.24, 2.45) is 0 Å². The molecule has 5 nitrogen and oxygen atoms in total. The fraction of sp³-hybridized carbons (Fsp3) is 0.421. The number of amides is 2. The third-order valence-corrected chi connectivity index (χ3v) is 4.72. The van der Waals surface area contributed by atoms with Gasteiger partial charge in [-0.05, 0) is 34.6 Å². The van der Waals surface area contributed by atoms with Gasteiger partial charge in [0.2, 0.25) is 5.91 Å². The van der Waals surface area contributed by atoms with Gasteiger partial charge in [0, 0.05) is 17.6 Å². The lowest BCUT2D eigenvalue weighted by Gasteiger charge is -2.24. The van der Waals surface area contributed by atoms with Crippen molar-refractivity contribution in [3.63, 3.8) is 0 Å². The molecule has 1 heterocycles. The summed E-state index contributed by atoms with van der Waals surface area (Å²) in [5.74, 6) is -0.308. The van der Waals surface area contributed by atoms with Crippen LogP contribution in [0.15, 0.2) is 30.3 Å². The average molecular weight is 359 g/mol. The van der Waals surface area contributed by atoms with Gasteiger partial charge in [-0.25, -0.2) is 4.98 Å². The van der Waals surface area contributed by atoms with Gasteiger partial charge in [0.1, 0.15) is 9.88 Å². The van der Waals surface area contributed by atoms with E-state index in [4.69, 9.17) is 0 Å². The van der Waals surface area contributed by atoms with E-state index in [1.165, 1.54) is 11.3 Å². The molecule has 2 aromatic rings. The molecule has 1 N–H and O–H groups in total. The Hall–Kier alpha value is -2.21. The first-order valence-electron chi connectivity index (χ1n) is 8.34. The molecular weight excluding hydrogens is 334 g/mol. The van der Waals surface area contributed by atoms with Gasteiger partial charge in [0.25, 0.3) is 5.91 Å². The highest BCUT2D eigenvalue weighted by atomic mass is 32.1. The van der Waals surface area contributed by atoms with Gasteiger partial charge in [0.15, 0.2) is 0 Å². The van der Waals surface area contributed by atoms with Crippen LogP contribution in [0.1, 0.15) is 43.1 Å². The summed E-state index contributed by atoms with van der Waals surface area (Å²) >= 11 is 1.37. The molecule has 0 radical (unpaired) electrons. The van der Waals surface area contributed by atoms with Gasteiger partial charge in [0.05, 0.1) is 12.2 Å². The van der Waals surface area contributed by atoms with Crippen molar-refractivity contribution in [2.75, 3.05) is 13.1 Å². The van der Waals surface area contributed by atoms with Gasteiger partial charge < -0.3 is 10.2 Å². The van der Waals surface area contributed by atoms with Gasteiger partial charge in [-0.15, -0.1) is 11.3 Å². The second-order valence-corrected chi connectivity index (χ2v) is 7.92. The Labute approximate surface area is 153 Å². The van der Waals surface area contributed by atoms with Crippen LogP contribution in [0.2, 0.25) is 0 Å². The lowest BCUT2D eigenvalue weighted by Crippen LogP contribution is -2.47. The third-order valence-electron chi connectivity index (χ3n) is 3.53. The largest absolute Gasteiger partial charge is 0.350 e. The topological polar surface area (TPSA) is 62.3 Å². The van der Waals surface area contributed by atoms with E-state index >= 15 is 0 Å². The molecule has 0 fully saturated rings. The first kappa shape index (κ1) is 19.1. The molecule has 0 aliphatic heterocycles. The molecule has 2 rings (SSSR count). The number of likely N-dealkylation sites (N-methyl/N-ethyl adjacent to an activating group) is 1. The summed E-state index contributed by atoms with van der Waals surface area (Å²) in [5.41, 5.74) is 1.37. The molecule has 0 spiro atoms. The predicted molar refractivity (Wildman–Crippen MR) is 102 cm³/mol. The standard InChI is InChI=1S/C19H25N3O2S/c1-6-22(12-15(23)21-19(3,4)5)18(24)16-13(2)20-17(25-16)14-10-8-7-9-11-14/h7-11H,6,12H2,1-5H3,(H,21,23). The Morgan fingerprint density at radius 3 is 2.40 bits per heavy atom. The molecule has 0 unspecified atom stereocenters. The molecule has 0 aliphatic rings. The zero-order valence-electron chi connectivity index (χ0n) is 15.4. The van der Waals surface area contributed by atoms with E-state index in [1.54, 1.807) is 4.90 Å². The van der Waals surface area contributed by atoms with Crippen LogP contribution in [-0.4, -0.2) is 40.3 Å². The SMILES string of the molecule is CCN(CC(=O)NC(C)(C)C)C(=O)c1sc(-c2ccccc2)nc1C. The molecule has 0 atom stereocenters. The van der Waals surface area contributed by atoms with Crippen LogP contribution in [0.5, 0.6) is 0 Å². The van der Waals surface area contributed by atoms with E-state index in [0.29, 0.717) is 17.1 Å². The highest BCUT2D eigenvalue weighted by molar-refractivity contribution is 7.17. The number of hydrogen-bond acceptors (Lipinski definition) is 4. The van der Waals surface area contributed by atoms with Crippen molar-refractivity contribution >= 4 is 23.2 Å². The van der Waals surface area contributed by atoms with Gasteiger partial charge in [-0.1, -0.05) is 30.3 Å². The first-order chi connectivity index (χ1) is 11.7. The summed E-state index contributed by atoms with van der Waals surface area (Å²) in [4.78, 5) is 31.7. The van der Waals surface area contributed by atoms with Crippen molar-refractivity contribution in [1.82, 2.24) is 15.2 Å². The van der Waals surface area contributed by atoms with Gasteiger partial charge in [-0.3, -0.25) is 9.59 Å². The van der Waals surface area contributed by atoms with E-state index in [9.17, 15) is 9.59 Å². The van der Waals surface area contributed by atoms with Crippen LogP contribution in [0.3, 0.4) is 0 Å². The number of aromatic nitrogens is 1. The van der Waals surface area contributed by atoms with Crippen molar-refractivity contribution in [3.05, 3.63) is 40.9 Å². The second kappa shape index (κ2) is 7.78. The highest BCUT2D eigenvalue weighted by Crippen LogP contribution is 2.28. The molecule has 0 aliphatic carbocycles. The van der Waals surface area contributed by atoms with Crippen LogP contribution in [0.25, 0.3) is 10.6 Å². The van der Waals surface area contributed by atoms with Crippen LogP contribution >= 0.6 is 11.3 Å². The number of thiazole rings is 1. The van der Waals surface area contributed by atoms with Crippen molar-refractivity contribution < 1.29 is 9.59 Å². The minimum atomic E-state index is -0.319. The zero-order chi connectivity index (χ0) is 18.6. The maximum absolute atomic E-state index is 12.9. The summed E-state index contributed by atoms with van der Waals surface area (Å²) in [6.07, 6.45) is 0. The molecule has 1 aromatic carbocycles. The number of carbonyl (C=O) groups is 2. The van der Waals surface area contributed by atoms with E-state index in [0.717, 1.165) is 10.6 Å². The summed E-state index contributed by atoms with van der Waals surface area (Å²) in [5, 5.41) is 3.71. The molecule has 134 valence electrons. The number of rotatable bonds is 5. The molecule has 0 saturated carbocycles. The Morgan fingerprint density at radius 2 is 1.84 bits per heavy atom. The quantitative estimate of drug-likeness (QED) is 0.889. The molecular formula is C19H25N3O2S. The maximum atomic E-state index is 12.9. The number of nitrogens with zero attached hydrogens (tertiary/aromatic N) is 2. The third kappa shape index (κ3) is 5.13. The van der Waals surface area contributed by atoms with Crippen LogP contribution in [0.4, 0.5) is 0 Å². The summed E-state index contributed by atoms with van der Waals surface area (Å²) in [6.45, 7) is 9.97. The number of carbonyl (C=O) groups excluding carboxylic acids is 2. The molecule has 0 saturated heterocycles. The minimum absolute atomic E-state index is 0.0462. The fourth-order valence-corrected chi connectivity index (χ4v) is 3.44. The van der Waals surface area contributed by atoms with Crippen molar-refractivity contribution in [3.8, 4) is 10.6 Å². The molecule has 1 aromatic heterocycles. The molecule has 0 bridgehead atoms. The van der Waals surface area contributed by atoms with E-state index < -0.39 is 0 Å². The van der Waals surface area contributed by atoms with Gasteiger partial charge in [-0.2, -0.15) is 0 Å². The van der Waals surface area contributed by atoms with Gasteiger partial charge >= 0.3 is 0 Å². The van der Waals surface area contributed by atoms with Crippen molar-refractivity contribution in [2.45, 2.75) is 40.2 Å². The number of benzene rings is 1. The van der Waals surface area contributed by atoms with Crippen LogP contribution in [-0.2, 0) is 4.79 Å². The summed E-state index contributed by atoms with van der Waals surface area (Å²) in [7, 11) is 0. The molecule has 25 heavy (non-hydrogen) atoms. The zero-order valence-corrected chi connectivity index (χ0v) is 16.2. The number of nitrogens with one attached hydrogen (secondary N) is 1. The lowest BCUT2D eigenvalue weighted by molar-refractivity contribution is -0.123. The highest BCUT2D eigenvalue weighted by Gasteiger charge is 2.24. The van der Waals surface area contributed by atoms with E-state index in [2.05, 4.69) is 10.3 Å². The number of hydrogen-bond donors (Lipinski definition) is 1. The molecule has 6 heteroatoms. The Balaban J connectivity index is 2.18. The lowest BCUT2D eigenvalue weighted by atomic mass is 10.1. The summed E-state index contributed by atoms with van der Waals surface area (Å²) < 4.78 is 0. The monoisotopic (exact) mass is 359 g/mol. The minimum Gasteiger partial charge on any atom is -0.350 e. The van der Waals surface area contributed by atoms with Crippen LogP contribution < -0.4 is 5.32 Å². The fourth-order valence-electron chi connectivity index (χ4n) is 2.40. The first-order valence-corrected chi connectivity index (χ1v) is 9.16. The van der Waals surface area contributed by atoms with Crippen molar-refractivity contribution in [1.29, 1.82) is 0 Å². The molecule has 2 amide bonds. The predicted octanol–water partition coefficient (Wildman–Crippen LogP) is 3.50. The second-order valence-electron chi connectivity index (χ2n) is 6.92. The van der Waals surface area contributed by atoms with Crippen LogP contribution in [0, 0.1) is 6.92 Å². The summed E-state index contributed by atoms with van der Waals surface area (Å²) in [6, 6.07) is 9.79.